The number of Topliss-reactive ketones (excluding diaryl/α,β-unsaturated/α-hetero) is 1. The van der Waals surface area contributed by atoms with Gasteiger partial charge in [-0.15, -0.1) is 0 Å². The molecule has 0 radical (unpaired) electrons. The summed E-state index contributed by atoms with van der Waals surface area (Å²) >= 11 is 6.81. The molecule has 1 aromatic heterocycles. The van der Waals surface area contributed by atoms with Gasteiger partial charge >= 0.3 is 0 Å². The fourth-order valence-electron chi connectivity index (χ4n) is 4.79. The van der Waals surface area contributed by atoms with Gasteiger partial charge in [-0.25, -0.2) is 9.37 Å². The summed E-state index contributed by atoms with van der Waals surface area (Å²) in [7, 11) is 0. The van der Waals surface area contributed by atoms with Crippen LogP contribution in [0.5, 0.6) is 0 Å². The predicted molar refractivity (Wildman–Crippen MR) is 126 cm³/mol. The second-order valence-corrected chi connectivity index (χ2v) is 8.95. The van der Waals surface area contributed by atoms with Crippen LogP contribution in [0.2, 0.25) is 5.02 Å². The number of ketones is 1. The normalized spacial score (nSPS) is 22.6. The van der Waals surface area contributed by atoms with E-state index in [9.17, 15) is 9.18 Å². The van der Waals surface area contributed by atoms with Gasteiger partial charge in [0.1, 0.15) is 23.5 Å². The molecule has 174 valence electrons. The number of halogens is 2. The number of nitrogens with zero attached hydrogens (tertiary/aromatic N) is 2. The van der Waals surface area contributed by atoms with E-state index in [1.165, 1.54) is 12.1 Å². The number of hydrogen-bond acceptors (Lipinski definition) is 6. The summed E-state index contributed by atoms with van der Waals surface area (Å²) in [6.45, 7) is 6.96. The van der Waals surface area contributed by atoms with Crippen LogP contribution in [0.25, 0.3) is 11.3 Å². The van der Waals surface area contributed by atoms with Crippen molar-refractivity contribution in [3.8, 4) is 0 Å². The van der Waals surface area contributed by atoms with Crippen molar-refractivity contribution in [2.75, 3.05) is 44.7 Å². The van der Waals surface area contributed by atoms with E-state index in [0.29, 0.717) is 59.1 Å². The molecule has 3 heterocycles. The fraction of sp³-hybridized carbons (Fsp3) is 0.440. The van der Waals surface area contributed by atoms with Crippen LogP contribution >= 0.6 is 11.6 Å². The molecule has 0 saturated carbocycles. The van der Waals surface area contributed by atoms with Gasteiger partial charge in [0, 0.05) is 49.9 Å². The number of pyridine rings is 1. The summed E-state index contributed by atoms with van der Waals surface area (Å²) in [5.74, 6) is 0.651. The second kappa shape index (κ2) is 9.41. The number of hydrogen-bond donors (Lipinski definition) is 1. The second-order valence-electron chi connectivity index (χ2n) is 8.57. The number of ether oxygens (including phenoxy) is 2. The van der Waals surface area contributed by atoms with E-state index < -0.39 is 0 Å². The number of carbonyl (C=O) groups is 1. The molecule has 1 N–H and O–H groups in total. The standard InChI is InChI=1S/C25H27ClFN3O3/c1-2-20-22-18(14-29-25(23(22)26)28-7-8-30-9-11-32-12-10-30)24(33-20)21-17-13-16(27)5-3-15(17)4-6-19(21)31/h3,5,13-14,20H,2,4,6-12H2,1H3,(H,28,29)/b24-21+. The Morgan fingerprint density at radius 1 is 1.24 bits per heavy atom. The zero-order valence-electron chi connectivity index (χ0n) is 18.6. The molecule has 6 nitrogen and oxygen atoms in total. The first kappa shape index (κ1) is 22.3. The number of morpholine rings is 1. The molecule has 1 fully saturated rings. The molecule has 0 spiro atoms. The summed E-state index contributed by atoms with van der Waals surface area (Å²) in [6, 6.07) is 4.60. The summed E-state index contributed by atoms with van der Waals surface area (Å²) < 4.78 is 25.7. The maximum atomic E-state index is 14.1. The average Bonchev–Trinajstić information content (AvgIpc) is 3.20. The first-order valence-corrected chi connectivity index (χ1v) is 11.9. The highest BCUT2D eigenvalue weighted by atomic mass is 35.5. The highest BCUT2D eigenvalue weighted by Crippen LogP contribution is 2.49. The number of nitrogens with one attached hydrogen (secondary N) is 1. The Morgan fingerprint density at radius 2 is 2.06 bits per heavy atom. The Balaban J connectivity index is 1.48. The molecule has 8 heteroatoms. The van der Waals surface area contributed by atoms with E-state index >= 15 is 0 Å². The smallest absolute Gasteiger partial charge is 0.167 e. The lowest BCUT2D eigenvalue weighted by molar-refractivity contribution is -0.113. The zero-order chi connectivity index (χ0) is 22.9. The van der Waals surface area contributed by atoms with E-state index in [1.54, 1.807) is 12.3 Å². The Hall–Kier alpha value is -2.48. The topological polar surface area (TPSA) is 63.7 Å². The minimum absolute atomic E-state index is 0.0466. The lowest BCUT2D eigenvalue weighted by atomic mass is 9.84. The van der Waals surface area contributed by atoms with Crippen molar-refractivity contribution in [1.82, 2.24) is 9.88 Å². The van der Waals surface area contributed by atoms with Crippen LogP contribution in [0.15, 0.2) is 24.4 Å². The molecule has 1 unspecified atom stereocenters. The minimum Gasteiger partial charge on any atom is -0.484 e. The van der Waals surface area contributed by atoms with Crippen molar-refractivity contribution in [2.45, 2.75) is 32.3 Å². The van der Waals surface area contributed by atoms with E-state index in [1.807, 2.05) is 6.92 Å². The molecule has 1 aliphatic carbocycles. The number of carbonyl (C=O) groups excluding carboxylic acids is 1. The van der Waals surface area contributed by atoms with Crippen LogP contribution in [0, 0.1) is 5.82 Å². The quantitative estimate of drug-likeness (QED) is 0.648. The van der Waals surface area contributed by atoms with Crippen LogP contribution in [0.3, 0.4) is 0 Å². The van der Waals surface area contributed by atoms with E-state index in [4.69, 9.17) is 21.1 Å². The van der Waals surface area contributed by atoms with Crippen LogP contribution in [-0.4, -0.2) is 55.1 Å². The third kappa shape index (κ3) is 4.25. The average molecular weight is 472 g/mol. The van der Waals surface area contributed by atoms with Gasteiger partial charge in [-0.05, 0) is 36.1 Å². The Kier molecular flexibility index (Phi) is 6.36. The molecule has 33 heavy (non-hydrogen) atoms. The maximum absolute atomic E-state index is 14.1. The Labute approximate surface area is 197 Å². The number of allylic oxidation sites excluding steroid dienone is 1. The third-order valence-corrected chi connectivity index (χ3v) is 6.93. The van der Waals surface area contributed by atoms with Crippen molar-refractivity contribution in [2.24, 2.45) is 0 Å². The molecule has 0 amide bonds. The SMILES string of the molecule is CCC1O/C(=C2/C(=O)CCc3ccc(F)cc32)c2cnc(NCCN3CCOCC3)c(Cl)c21. The van der Waals surface area contributed by atoms with Gasteiger partial charge in [-0.2, -0.15) is 0 Å². The van der Waals surface area contributed by atoms with Gasteiger partial charge < -0.3 is 14.8 Å². The number of fused-ring (bicyclic) bond motifs is 2. The molecular weight excluding hydrogens is 445 g/mol. The Bertz CT molecular complexity index is 1110. The maximum Gasteiger partial charge on any atom is 0.167 e. The number of aryl methyl sites for hydroxylation is 1. The van der Waals surface area contributed by atoms with Crippen LogP contribution in [0.4, 0.5) is 10.2 Å². The molecule has 5 rings (SSSR count). The Morgan fingerprint density at radius 3 is 2.85 bits per heavy atom. The van der Waals surface area contributed by atoms with Crippen LogP contribution < -0.4 is 5.32 Å². The van der Waals surface area contributed by atoms with Gasteiger partial charge in [-0.1, -0.05) is 24.6 Å². The van der Waals surface area contributed by atoms with Gasteiger partial charge in [0.05, 0.1) is 23.8 Å². The number of benzene rings is 1. The van der Waals surface area contributed by atoms with Gasteiger partial charge in [0.2, 0.25) is 0 Å². The molecule has 0 bridgehead atoms. The first-order valence-electron chi connectivity index (χ1n) is 11.5. The van der Waals surface area contributed by atoms with Crippen LogP contribution in [-0.2, 0) is 20.7 Å². The van der Waals surface area contributed by atoms with Crippen molar-refractivity contribution < 1.29 is 18.7 Å². The van der Waals surface area contributed by atoms with Gasteiger partial charge in [0.25, 0.3) is 0 Å². The summed E-state index contributed by atoms with van der Waals surface area (Å²) in [5.41, 5.74) is 3.53. The molecule has 1 aromatic carbocycles. The largest absolute Gasteiger partial charge is 0.484 e. The van der Waals surface area contributed by atoms with Gasteiger partial charge in [-0.3, -0.25) is 9.69 Å². The molecule has 3 aliphatic rings. The number of rotatable bonds is 5. The number of aromatic nitrogens is 1. The van der Waals surface area contributed by atoms with Crippen molar-refractivity contribution >= 4 is 34.5 Å². The van der Waals surface area contributed by atoms with E-state index in [2.05, 4.69) is 15.2 Å². The van der Waals surface area contributed by atoms with E-state index in [0.717, 1.165) is 44.0 Å². The highest BCUT2D eigenvalue weighted by Gasteiger charge is 2.37. The fourth-order valence-corrected chi connectivity index (χ4v) is 5.13. The summed E-state index contributed by atoms with van der Waals surface area (Å²) in [5, 5.41) is 3.86. The van der Waals surface area contributed by atoms with E-state index in [-0.39, 0.29) is 17.7 Å². The number of anilines is 1. The highest BCUT2D eigenvalue weighted by molar-refractivity contribution is 6.34. The molecule has 2 aliphatic heterocycles. The lowest BCUT2D eigenvalue weighted by Crippen LogP contribution is -2.39. The van der Waals surface area contributed by atoms with Crippen molar-refractivity contribution in [3.05, 3.63) is 57.5 Å². The lowest BCUT2D eigenvalue weighted by Gasteiger charge is -2.26. The molecule has 2 aromatic rings. The first-order chi connectivity index (χ1) is 16.1. The zero-order valence-corrected chi connectivity index (χ0v) is 19.4. The third-order valence-electron chi connectivity index (χ3n) is 6.55. The summed E-state index contributed by atoms with van der Waals surface area (Å²) in [4.78, 5) is 19.9. The molecule has 1 atom stereocenters. The monoisotopic (exact) mass is 471 g/mol. The minimum atomic E-state index is -0.372. The van der Waals surface area contributed by atoms with Gasteiger partial charge in [0.15, 0.2) is 5.78 Å². The molecular formula is C25H27ClFN3O3. The van der Waals surface area contributed by atoms with Crippen molar-refractivity contribution in [3.63, 3.8) is 0 Å². The predicted octanol–water partition coefficient (Wildman–Crippen LogP) is 4.48. The van der Waals surface area contributed by atoms with Crippen molar-refractivity contribution in [1.29, 1.82) is 0 Å². The van der Waals surface area contributed by atoms with Crippen LogP contribution in [0.1, 0.15) is 48.1 Å². The summed E-state index contributed by atoms with van der Waals surface area (Å²) in [6.07, 6.45) is 3.09. The molecule has 1 saturated heterocycles.